The highest BCUT2D eigenvalue weighted by molar-refractivity contribution is 5.93. The Morgan fingerprint density at radius 2 is 1.87 bits per heavy atom. The number of nitrogens with zero attached hydrogens (tertiary/aromatic N) is 1. The Labute approximate surface area is 180 Å². The maximum absolute atomic E-state index is 13.7. The summed E-state index contributed by atoms with van der Waals surface area (Å²) in [4.78, 5) is 14.8. The van der Waals surface area contributed by atoms with Gasteiger partial charge in [-0.25, -0.2) is 13.2 Å². The summed E-state index contributed by atoms with van der Waals surface area (Å²) < 4.78 is 39.8. The van der Waals surface area contributed by atoms with Gasteiger partial charge in [-0.2, -0.15) is 0 Å². The summed E-state index contributed by atoms with van der Waals surface area (Å²) in [7, 11) is 0. The Hall–Kier alpha value is -2.50. The van der Waals surface area contributed by atoms with Gasteiger partial charge in [0.15, 0.2) is 0 Å². The second-order valence-corrected chi connectivity index (χ2v) is 9.65. The number of aryl methyl sites for hydroxylation is 2. The number of amides is 1. The highest BCUT2D eigenvalue weighted by Crippen LogP contribution is 2.47. The third-order valence-corrected chi connectivity index (χ3v) is 7.12. The van der Waals surface area contributed by atoms with E-state index in [2.05, 4.69) is 22.3 Å². The van der Waals surface area contributed by atoms with Crippen LogP contribution in [0.1, 0.15) is 54.0 Å². The fourth-order valence-electron chi connectivity index (χ4n) is 5.72. The van der Waals surface area contributed by atoms with Gasteiger partial charge >= 0.3 is 0 Å². The Morgan fingerprint density at radius 3 is 2.55 bits per heavy atom. The Morgan fingerprint density at radius 1 is 1.16 bits per heavy atom. The van der Waals surface area contributed by atoms with Gasteiger partial charge in [-0.15, -0.1) is 0 Å². The minimum Gasteiger partial charge on any atom is -0.364 e. The largest absolute Gasteiger partial charge is 0.364 e. The summed E-state index contributed by atoms with van der Waals surface area (Å²) in [5.74, 6) is -2.70. The van der Waals surface area contributed by atoms with Crippen LogP contribution < -0.4 is 10.2 Å². The van der Waals surface area contributed by atoms with Crippen LogP contribution in [0.5, 0.6) is 0 Å². The molecular weight excluding hydrogens is 401 g/mol. The van der Waals surface area contributed by atoms with Gasteiger partial charge in [-0.3, -0.25) is 4.79 Å². The molecule has 6 heteroatoms. The number of carbonyl (C=O) groups excluding carboxylic acids is 1. The van der Waals surface area contributed by atoms with E-state index in [9.17, 15) is 18.0 Å². The van der Waals surface area contributed by atoms with Crippen LogP contribution in [0.25, 0.3) is 0 Å². The molecule has 1 N–H and O–H groups in total. The fourth-order valence-corrected chi connectivity index (χ4v) is 5.72. The first-order chi connectivity index (χ1) is 14.7. The molecule has 1 saturated carbocycles. The third-order valence-electron chi connectivity index (χ3n) is 7.12. The summed E-state index contributed by atoms with van der Waals surface area (Å²) in [6.45, 7) is 4.87. The van der Waals surface area contributed by atoms with E-state index >= 15 is 0 Å². The molecule has 31 heavy (non-hydrogen) atoms. The van der Waals surface area contributed by atoms with Crippen LogP contribution in [0.15, 0.2) is 30.3 Å². The molecule has 2 aromatic carbocycles. The van der Waals surface area contributed by atoms with E-state index in [1.807, 2.05) is 19.9 Å². The molecule has 2 aliphatic carbocycles. The summed E-state index contributed by atoms with van der Waals surface area (Å²) in [5.41, 5.74) is 6.12. The number of halogens is 3. The lowest BCUT2D eigenvalue weighted by atomic mass is 9.79. The van der Waals surface area contributed by atoms with Crippen molar-refractivity contribution in [3.05, 3.63) is 58.4 Å². The summed E-state index contributed by atoms with van der Waals surface area (Å²) in [6.07, 6.45) is 1.73. The molecule has 2 fully saturated rings. The van der Waals surface area contributed by atoms with Gasteiger partial charge in [0, 0.05) is 37.2 Å². The van der Waals surface area contributed by atoms with Gasteiger partial charge in [0.2, 0.25) is 11.8 Å². The van der Waals surface area contributed by atoms with Crippen molar-refractivity contribution >= 4 is 17.3 Å². The van der Waals surface area contributed by atoms with Crippen molar-refractivity contribution in [2.24, 2.45) is 11.8 Å². The maximum Gasteiger partial charge on any atom is 0.248 e. The lowest BCUT2D eigenvalue weighted by molar-refractivity contribution is -0.129. The minimum absolute atomic E-state index is 0.138. The minimum atomic E-state index is -2.60. The Balaban J connectivity index is 1.34. The normalized spacial score (nSPS) is 24.0. The van der Waals surface area contributed by atoms with Crippen LogP contribution in [-0.4, -0.2) is 18.4 Å². The number of fused-ring (bicyclic) bond motifs is 4. The van der Waals surface area contributed by atoms with Crippen molar-refractivity contribution in [2.75, 3.05) is 16.8 Å². The predicted molar refractivity (Wildman–Crippen MR) is 115 cm³/mol. The molecule has 3 nitrogen and oxygen atoms in total. The molecule has 1 heterocycles. The molecule has 2 unspecified atom stereocenters. The van der Waals surface area contributed by atoms with Crippen LogP contribution in [-0.2, 0) is 11.2 Å². The summed E-state index contributed by atoms with van der Waals surface area (Å²) in [5, 5.41) is 2.95. The standard InChI is InChI=1S/C25H27F3N2O/c1-14-5-20(6-15(2)24(14)29-23(31)9-17-11-25(27,28)12-17)30-13-16-7-18-10-19(26)3-4-21(18)22(30)8-16/h3-6,10,16-17,22H,7-9,11-13H2,1-2H3,(H,29,31). The molecule has 3 aliphatic rings. The molecule has 2 aromatic rings. The van der Waals surface area contributed by atoms with Crippen molar-refractivity contribution in [3.8, 4) is 0 Å². The molecule has 0 spiro atoms. The van der Waals surface area contributed by atoms with Crippen molar-refractivity contribution in [3.63, 3.8) is 0 Å². The average molecular weight is 428 g/mol. The van der Waals surface area contributed by atoms with E-state index in [0.717, 1.165) is 47.5 Å². The highest BCUT2D eigenvalue weighted by Gasteiger charge is 2.45. The van der Waals surface area contributed by atoms with Crippen LogP contribution in [0.3, 0.4) is 0 Å². The lowest BCUT2D eigenvalue weighted by Crippen LogP contribution is -2.37. The zero-order valence-electron chi connectivity index (χ0n) is 17.9. The molecule has 0 radical (unpaired) electrons. The number of hydrogen-bond acceptors (Lipinski definition) is 2. The van der Waals surface area contributed by atoms with E-state index in [-0.39, 0.29) is 42.9 Å². The fraction of sp³-hybridized carbons (Fsp3) is 0.480. The monoisotopic (exact) mass is 428 g/mol. The number of hydrogen-bond donors (Lipinski definition) is 1. The van der Waals surface area contributed by atoms with Gasteiger partial charge in [0.05, 0.1) is 6.04 Å². The average Bonchev–Trinajstić information content (AvgIpc) is 3.00. The smallest absolute Gasteiger partial charge is 0.248 e. The van der Waals surface area contributed by atoms with E-state index < -0.39 is 5.92 Å². The Kier molecular flexibility index (Phi) is 4.79. The maximum atomic E-state index is 13.7. The number of rotatable bonds is 4. The zero-order chi connectivity index (χ0) is 21.9. The molecule has 2 atom stereocenters. The van der Waals surface area contributed by atoms with Crippen LogP contribution in [0.2, 0.25) is 0 Å². The Bertz CT molecular complexity index is 1020. The van der Waals surface area contributed by atoms with E-state index in [1.165, 1.54) is 5.56 Å². The van der Waals surface area contributed by atoms with Crippen LogP contribution in [0, 0.1) is 31.5 Å². The summed E-state index contributed by atoms with van der Waals surface area (Å²) >= 11 is 0. The molecular formula is C25H27F3N2O. The number of carbonyl (C=O) groups is 1. The topological polar surface area (TPSA) is 32.3 Å². The predicted octanol–water partition coefficient (Wildman–Crippen LogP) is 5.94. The molecule has 164 valence electrons. The molecule has 5 rings (SSSR count). The first kappa shape index (κ1) is 20.4. The quantitative estimate of drug-likeness (QED) is 0.654. The van der Waals surface area contributed by atoms with Crippen LogP contribution >= 0.6 is 0 Å². The number of nitrogens with one attached hydrogen (secondary N) is 1. The van der Waals surface area contributed by atoms with Gasteiger partial charge in [-0.1, -0.05) is 6.07 Å². The SMILES string of the molecule is Cc1cc(N2CC3Cc4cc(F)ccc4C2C3)cc(C)c1NC(=O)CC1CC(F)(F)C1. The molecule has 2 bridgehead atoms. The van der Waals surface area contributed by atoms with Crippen LogP contribution in [0.4, 0.5) is 24.5 Å². The second kappa shape index (κ2) is 7.28. The number of anilines is 2. The molecule has 1 aliphatic heterocycles. The molecule has 0 aromatic heterocycles. The van der Waals surface area contributed by atoms with E-state index in [1.54, 1.807) is 12.1 Å². The van der Waals surface area contributed by atoms with E-state index in [0.29, 0.717) is 5.92 Å². The zero-order valence-corrected chi connectivity index (χ0v) is 17.9. The molecule has 1 saturated heterocycles. The van der Waals surface area contributed by atoms with Gasteiger partial charge in [0.25, 0.3) is 0 Å². The number of benzene rings is 2. The van der Waals surface area contributed by atoms with Crippen molar-refractivity contribution < 1.29 is 18.0 Å². The van der Waals surface area contributed by atoms with Gasteiger partial charge in [0.1, 0.15) is 5.82 Å². The van der Waals surface area contributed by atoms with Crippen molar-refractivity contribution in [1.82, 2.24) is 0 Å². The third kappa shape index (κ3) is 3.81. The number of alkyl halides is 2. The lowest BCUT2D eigenvalue weighted by Gasteiger charge is -2.34. The van der Waals surface area contributed by atoms with Crippen molar-refractivity contribution in [1.29, 1.82) is 0 Å². The van der Waals surface area contributed by atoms with Gasteiger partial charge < -0.3 is 10.2 Å². The highest BCUT2D eigenvalue weighted by atomic mass is 19.3. The second-order valence-electron chi connectivity index (χ2n) is 9.65. The summed E-state index contributed by atoms with van der Waals surface area (Å²) in [6, 6.07) is 9.55. The van der Waals surface area contributed by atoms with Gasteiger partial charge in [-0.05, 0) is 85.0 Å². The van der Waals surface area contributed by atoms with E-state index in [4.69, 9.17) is 0 Å². The first-order valence-corrected chi connectivity index (χ1v) is 11.0. The molecule has 1 amide bonds. The first-order valence-electron chi connectivity index (χ1n) is 11.0. The van der Waals surface area contributed by atoms with Crippen molar-refractivity contribution in [2.45, 2.75) is 57.9 Å².